The minimum absolute atomic E-state index is 0.0990. The number of aromatic nitrogens is 2. The third kappa shape index (κ3) is 2.97. The van der Waals surface area contributed by atoms with E-state index in [-0.39, 0.29) is 5.91 Å². The second-order valence-corrected chi connectivity index (χ2v) is 4.12. The summed E-state index contributed by atoms with van der Waals surface area (Å²) in [7, 11) is 0. The number of amides is 1. The van der Waals surface area contributed by atoms with E-state index in [1.54, 1.807) is 6.20 Å². The van der Waals surface area contributed by atoms with Crippen LogP contribution in [0.25, 0.3) is 11.4 Å². The van der Waals surface area contributed by atoms with Crippen LogP contribution in [-0.4, -0.2) is 22.4 Å². The van der Waals surface area contributed by atoms with E-state index >= 15 is 0 Å². The van der Waals surface area contributed by atoms with Gasteiger partial charge in [-0.05, 0) is 6.42 Å². The molecule has 0 bridgehead atoms. The van der Waals surface area contributed by atoms with Crippen molar-refractivity contribution in [2.24, 2.45) is 0 Å². The molecule has 18 heavy (non-hydrogen) atoms. The van der Waals surface area contributed by atoms with E-state index in [4.69, 9.17) is 0 Å². The molecule has 2 N–H and O–H groups in total. The zero-order chi connectivity index (χ0) is 12.8. The predicted octanol–water partition coefficient (Wildman–Crippen LogP) is 2.61. The highest BCUT2D eigenvalue weighted by Gasteiger charge is 2.09. The Bertz CT molecular complexity index is 505. The number of nitrogens with one attached hydrogen (secondary N) is 2. The third-order valence-electron chi connectivity index (χ3n) is 2.68. The SMILES string of the molecule is CCCCNC(=O)c1cnc(-c2ccccc2)[nH]1. The van der Waals surface area contributed by atoms with E-state index in [2.05, 4.69) is 22.2 Å². The number of carbonyl (C=O) groups excluding carboxylic acids is 1. The van der Waals surface area contributed by atoms with Crippen molar-refractivity contribution in [1.29, 1.82) is 0 Å². The maximum Gasteiger partial charge on any atom is 0.269 e. The number of hydrogen-bond acceptors (Lipinski definition) is 2. The molecule has 0 spiro atoms. The Morgan fingerprint density at radius 1 is 1.33 bits per heavy atom. The Hall–Kier alpha value is -2.10. The molecule has 0 radical (unpaired) electrons. The molecule has 0 saturated carbocycles. The van der Waals surface area contributed by atoms with Crippen LogP contribution in [0.5, 0.6) is 0 Å². The number of nitrogens with zero attached hydrogens (tertiary/aromatic N) is 1. The second kappa shape index (κ2) is 6.00. The number of imidazole rings is 1. The Morgan fingerprint density at radius 3 is 2.83 bits per heavy atom. The summed E-state index contributed by atoms with van der Waals surface area (Å²) in [6, 6.07) is 9.75. The van der Waals surface area contributed by atoms with Gasteiger partial charge in [-0.25, -0.2) is 4.98 Å². The van der Waals surface area contributed by atoms with Crippen LogP contribution in [0.1, 0.15) is 30.3 Å². The number of H-pyrrole nitrogens is 1. The summed E-state index contributed by atoms with van der Waals surface area (Å²) in [5, 5.41) is 2.85. The summed E-state index contributed by atoms with van der Waals surface area (Å²) in [6.45, 7) is 2.80. The molecule has 1 amide bonds. The second-order valence-electron chi connectivity index (χ2n) is 4.12. The van der Waals surface area contributed by atoms with Crippen LogP contribution >= 0.6 is 0 Å². The molecule has 1 aromatic carbocycles. The normalized spacial score (nSPS) is 10.3. The van der Waals surface area contributed by atoms with Gasteiger partial charge in [0.2, 0.25) is 0 Å². The van der Waals surface area contributed by atoms with Crippen LogP contribution in [0, 0.1) is 0 Å². The molecular formula is C14H17N3O. The molecule has 0 aliphatic carbocycles. The van der Waals surface area contributed by atoms with Crippen LogP contribution < -0.4 is 5.32 Å². The van der Waals surface area contributed by atoms with E-state index in [0.29, 0.717) is 12.2 Å². The lowest BCUT2D eigenvalue weighted by Crippen LogP contribution is -2.24. The Kier molecular flexibility index (Phi) is 4.12. The molecule has 4 nitrogen and oxygen atoms in total. The first-order chi connectivity index (χ1) is 8.81. The Labute approximate surface area is 106 Å². The third-order valence-corrected chi connectivity index (χ3v) is 2.68. The molecule has 1 aromatic heterocycles. The molecule has 0 atom stereocenters. The number of hydrogen-bond donors (Lipinski definition) is 2. The zero-order valence-electron chi connectivity index (χ0n) is 10.4. The van der Waals surface area contributed by atoms with Gasteiger partial charge in [-0.1, -0.05) is 43.7 Å². The van der Waals surface area contributed by atoms with Gasteiger partial charge in [0.25, 0.3) is 5.91 Å². The van der Waals surface area contributed by atoms with E-state index in [9.17, 15) is 4.79 Å². The molecule has 0 unspecified atom stereocenters. The van der Waals surface area contributed by atoms with Gasteiger partial charge in [0.15, 0.2) is 0 Å². The summed E-state index contributed by atoms with van der Waals surface area (Å²) < 4.78 is 0. The fourth-order valence-electron chi connectivity index (χ4n) is 1.65. The van der Waals surface area contributed by atoms with E-state index in [1.165, 1.54) is 0 Å². The lowest BCUT2D eigenvalue weighted by Gasteiger charge is -2.01. The van der Waals surface area contributed by atoms with Crippen molar-refractivity contribution in [3.8, 4) is 11.4 Å². The molecular weight excluding hydrogens is 226 g/mol. The van der Waals surface area contributed by atoms with Crippen molar-refractivity contribution in [2.45, 2.75) is 19.8 Å². The summed E-state index contributed by atoms with van der Waals surface area (Å²) in [5.41, 5.74) is 1.48. The summed E-state index contributed by atoms with van der Waals surface area (Å²) >= 11 is 0. The van der Waals surface area contributed by atoms with Gasteiger partial charge in [-0.3, -0.25) is 4.79 Å². The van der Waals surface area contributed by atoms with Crippen molar-refractivity contribution in [3.63, 3.8) is 0 Å². The first-order valence-corrected chi connectivity index (χ1v) is 6.20. The number of aromatic amines is 1. The Balaban J connectivity index is 2.04. The molecule has 2 rings (SSSR count). The predicted molar refractivity (Wildman–Crippen MR) is 71.3 cm³/mol. The van der Waals surface area contributed by atoms with E-state index in [1.807, 2.05) is 30.3 Å². The van der Waals surface area contributed by atoms with Crippen LogP contribution in [0.3, 0.4) is 0 Å². The highest BCUT2D eigenvalue weighted by Crippen LogP contribution is 2.14. The molecule has 0 fully saturated rings. The summed E-state index contributed by atoms with van der Waals surface area (Å²) in [4.78, 5) is 19.0. The fraction of sp³-hybridized carbons (Fsp3) is 0.286. The van der Waals surface area contributed by atoms with Crippen molar-refractivity contribution in [3.05, 3.63) is 42.2 Å². The lowest BCUT2D eigenvalue weighted by molar-refractivity contribution is 0.0949. The quantitative estimate of drug-likeness (QED) is 0.793. The zero-order valence-corrected chi connectivity index (χ0v) is 10.4. The number of unbranched alkanes of at least 4 members (excludes halogenated alkanes) is 1. The maximum absolute atomic E-state index is 11.8. The first kappa shape index (κ1) is 12.4. The maximum atomic E-state index is 11.8. The van der Waals surface area contributed by atoms with E-state index < -0.39 is 0 Å². The minimum atomic E-state index is -0.0990. The summed E-state index contributed by atoms with van der Waals surface area (Å²) in [5.74, 6) is 0.620. The average molecular weight is 243 g/mol. The number of carbonyl (C=O) groups is 1. The molecule has 0 aliphatic heterocycles. The van der Waals surface area contributed by atoms with Gasteiger partial charge in [0, 0.05) is 12.1 Å². The van der Waals surface area contributed by atoms with Gasteiger partial charge in [0.1, 0.15) is 11.5 Å². The van der Waals surface area contributed by atoms with Gasteiger partial charge in [-0.2, -0.15) is 0 Å². The Morgan fingerprint density at radius 2 is 2.11 bits per heavy atom. The highest BCUT2D eigenvalue weighted by molar-refractivity contribution is 5.92. The lowest BCUT2D eigenvalue weighted by atomic mass is 10.2. The monoisotopic (exact) mass is 243 g/mol. The van der Waals surface area contributed by atoms with E-state index in [0.717, 1.165) is 24.2 Å². The van der Waals surface area contributed by atoms with Gasteiger partial charge < -0.3 is 10.3 Å². The molecule has 1 heterocycles. The molecule has 94 valence electrons. The van der Waals surface area contributed by atoms with Crippen molar-refractivity contribution in [1.82, 2.24) is 15.3 Å². The van der Waals surface area contributed by atoms with Crippen LogP contribution in [0.4, 0.5) is 0 Å². The molecule has 2 aromatic rings. The van der Waals surface area contributed by atoms with Crippen LogP contribution in [0.2, 0.25) is 0 Å². The van der Waals surface area contributed by atoms with Gasteiger partial charge in [0.05, 0.1) is 6.20 Å². The standard InChI is InChI=1S/C14H17N3O/c1-2-3-9-15-14(18)12-10-16-13(17-12)11-7-5-4-6-8-11/h4-8,10H,2-3,9H2,1H3,(H,15,18)(H,16,17). The van der Waals surface area contributed by atoms with Crippen LogP contribution in [-0.2, 0) is 0 Å². The topological polar surface area (TPSA) is 57.8 Å². The largest absolute Gasteiger partial charge is 0.351 e. The van der Waals surface area contributed by atoms with Gasteiger partial charge in [-0.15, -0.1) is 0 Å². The smallest absolute Gasteiger partial charge is 0.269 e. The fourth-order valence-corrected chi connectivity index (χ4v) is 1.65. The van der Waals surface area contributed by atoms with Crippen LogP contribution in [0.15, 0.2) is 36.5 Å². The average Bonchev–Trinajstić information content (AvgIpc) is 2.89. The van der Waals surface area contributed by atoms with Crippen molar-refractivity contribution in [2.75, 3.05) is 6.54 Å². The number of rotatable bonds is 5. The molecule has 0 saturated heterocycles. The number of benzene rings is 1. The molecule has 4 heteroatoms. The van der Waals surface area contributed by atoms with Crippen molar-refractivity contribution >= 4 is 5.91 Å². The highest BCUT2D eigenvalue weighted by atomic mass is 16.1. The van der Waals surface area contributed by atoms with Gasteiger partial charge >= 0.3 is 0 Å². The first-order valence-electron chi connectivity index (χ1n) is 6.20. The molecule has 0 aliphatic rings. The van der Waals surface area contributed by atoms with Crippen molar-refractivity contribution < 1.29 is 4.79 Å². The summed E-state index contributed by atoms with van der Waals surface area (Å²) in [6.07, 6.45) is 3.63. The minimum Gasteiger partial charge on any atom is -0.351 e.